The van der Waals surface area contributed by atoms with Crippen molar-refractivity contribution in [2.24, 2.45) is 0 Å². The number of carbonyl (C=O) groups is 2. The molecule has 0 aliphatic heterocycles. The number of pyridine rings is 1. The number of nitrogens with one attached hydrogen (secondary N) is 1. The number of amides is 1. The first-order valence-electron chi connectivity index (χ1n) is 9.44. The maximum Gasteiger partial charge on any atom is 0.292 e. The largest absolute Gasteiger partial charge is 0.345 e. The smallest absolute Gasteiger partial charge is 0.292 e. The van der Waals surface area contributed by atoms with E-state index in [1.807, 2.05) is 36.4 Å². The van der Waals surface area contributed by atoms with Crippen LogP contribution in [0.25, 0.3) is 11.5 Å². The van der Waals surface area contributed by atoms with E-state index < -0.39 is 11.7 Å². The Labute approximate surface area is 173 Å². The molecule has 3 heterocycles. The van der Waals surface area contributed by atoms with Crippen molar-refractivity contribution in [2.75, 3.05) is 0 Å². The second kappa shape index (κ2) is 8.12. The van der Waals surface area contributed by atoms with Crippen LogP contribution >= 0.6 is 0 Å². The zero-order valence-electron chi connectivity index (χ0n) is 16.6. The summed E-state index contributed by atoms with van der Waals surface area (Å²) in [4.78, 5) is 29.8. The Kier molecular flexibility index (Phi) is 5.21. The van der Waals surface area contributed by atoms with E-state index in [1.165, 1.54) is 0 Å². The summed E-state index contributed by atoms with van der Waals surface area (Å²) in [5.74, 6) is -0.708. The molecule has 0 unspecified atom stereocenters. The van der Waals surface area contributed by atoms with Crippen LogP contribution in [0, 0.1) is 13.8 Å². The van der Waals surface area contributed by atoms with E-state index in [2.05, 4.69) is 20.5 Å². The third kappa shape index (κ3) is 3.62. The summed E-state index contributed by atoms with van der Waals surface area (Å²) in [6, 6.07) is 14.9. The van der Waals surface area contributed by atoms with Gasteiger partial charge in [0, 0.05) is 30.7 Å². The van der Waals surface area contributed by atoms with E-state index >= 15 is 0 Å². The molecule has 4 rings (SSSR count). The van der Waals surface area contributed by atoms with Crippen LogP contribution in [0.4, 0.5) is 0 Å². The predicted octanol–water partition coefficient (Wildman–Crippen LogP) is 2.57. The summed E-state index contributed by atoms with van der Waals surface area (Å²) in [5.41, 5.74) is 3.02. The molecule has 0 spiro atoms. The van der Waals surface area contributed by atoms with Crippen molar-refractivity contribution in [3.63, 3.8) is 0 Å². The number of rotatable bonds is 6. The van der Waals surface area contributed by atoms with E-state index in [4.69, 9.17) is 0 Å². The van der Waals surface area contributed by atoms with Crippen LogP contribution < -0.4 is 5.32 Å². The minimum Gasteiger partial charge on any atom is -0.345 e. The molecule has 30 heavy (non-hydrogen) atoms. The van der Waals surface area contributed by atoms with E-state index in [-0.39, 0.29) is 6.54 Å². The van der Waals surface area contributed by atoms with Gasteiger partial charge in [0.1, 0.15) is 0 Å². The molecule has 8 nitrogen and oxygen atoms in total. The lowest BCUT2D eigenvalue weighted by molar-refractivity contribution is -0.117. The van der Waals surface area contributed by atoms with Crippen LogP contribution in [0.15, 0.2) is 67.1 Å². The number of hydrogen-bond acceptors (Lipinski definition) is 5. The summed E-state index contributed by atoms with van der Waals surface area (Å²) in [6.07, 6.45) is 5.07. The quantitative estimate of drug-likeness (QED) is 0.396. The molecular weight excluding hydrogens is 380 g/mol. The summed E-state index contributed by atoms with van der Waals surface area (Å²) in [5, 5.41) is 11.3. The first kappa shape index (κ1) is 19.3. The topological polar surface area (TPSA) is 94.7 Å². The molecule has 3 aromatic heterocycles. The fourth-order valence-corrected chi connectivity index (χ4v) is 3.33. The first-order valence-corrected chi connectivity index (χ1v) is 9.44. The minimum absolute atomic E-state index is 0.151. The van der Waals surface area contributed by atoms with Gasteiger partial charge in [-0.25, -0.2) is 14.3 Å². The average molecular weight is 400 g/mol. The standard InChI is InChI=1S/C22H20N6O2/c1-15-19(16(2)28(26-15)18-9-4-3-5-10-18)20(29)22(30)24-14-17-8-6-11-23-21(17)27-13-7-12-25-27/h3-13H,14H2,1-2H3,(H,24,30). The van der Waals surface area contributed by atoms with Gasteiger partial charge in [-0.1, -0.05) is 24.3 Å². The molecule has 150 valence electrons. The lowest BCUT2D eigenvalue weighted by atomic mass is 10.1. The highest BCUT2D eigenvalue weighted by atomic mass is 16.2. The number of nitrogens with zero attached hydrogens (tertiary/aromatic N) is 5. The van der Waals surface area contributed by atoms with Crippen LogP contribution in [-0.2, 0) is 11.3 Å². The Bertz CT molecular complexity index is 1200. The monoisotopic (exact) mass is 400 g/mol. The van der Waals surface area contributed by atoms with Gasteiger partial charge in [0.25, 0.3) is 11.7 Å². The molecule has 1 N–H and O–H groups in total. The van der Waals surface area contributed by atoms with Gasteiger partial charge in [0.05, 0.1) is 22.6 Å². The maximum atomic E-state index is 12.9. The number of aromatic nitrogens is 5. The lowest BCUT2D eigenvalue weighted by Gasteiger charge is -2.09. The molecule has 1 amide bonds. The lowest BCUT2D eigenvalue weighted by Crippen LogP contribution is -2.31. The normalized spacial score (nSPS) is 10.7. The second-order valence-corrected chi connectivity index (χ2v) is 6.74. The van der Waals surface area contributed by atoms with Crippen LogP contribution in [0.1, 0.15) is 27.3 Å². The number of ketones is 1. The van der Waals surface area contributed by atoms with Crippen LogP contribution in [0.3, 0.4) is 0 Å². The van der Waals surface area contributed by atoms with Gasteiger partial charge >= 0.3 is 0 Å². The van der Waals surface area contributed by atoms with Gasteiger partial charge in [-0.3, -0.25) is 9.59 Å². The van der Waals surface area contributed by atoms with E-state index in [0.29, 0.717) is 22.8 Å². The Morgan fingerprint density at radius 2 is 1.80 bits per heavy atom. The van der Waals surface area contributed by atoms with E-state index in [0.717, 1.165) is 11.3 Å². The fourth-order valence-electron chi connectivity index (χ4n) is 3.33. The molecule has 0 aliphatic carbocycles. The van der Waals surface area contributed by atoms with Crippen LogP contribution in [0.5, 0.6) is 0 Å². The Hall–Kier alpha value is -4.07. The summed E-state index contributed by atoms with van der Waals surface area (Å²) in [7, 11) is 0. The Morgan fingerprint density at radius 3 is 2.53 bits per heavy atom. The highest BCUT2D eigenvalue weighted by Gasteiger charge is 2.25. The van der Waals surface area contributed by atoms with Gasteiger partial charge in [-0.2, -0.15) is 10.2 Å². The van der Waals surface area contributed by atoms with Gasteiger partial charge in [0.15, 0.2) is 5.82 Å². The average Bonchev–Trinajstić information content (AvgIpc) is 3.40. The maximum absolute atomic E-state index is 12.9. The third-order valence-corrected chi connectivity index (χ3v) is 4.75. The highest BCUT2D eigenvalue weighted by molar-refractivity contribution is 6.43. The van der Waals surface area contributed by atoms with E-state index in [9.17, 15) is 9.59 Å². The van der Waals surface area contributed by atoms with Crippen molar-refractivity contribution in [3.05, 3.63) is 89.6 Å². The second-order valence-electron chi connectivity index (χ2n) is 6.74. The van der Waals surface area contributed by atoms with Crippen molar-refractivity contribution in [1.29, 1.82) is 0 Å². The van der Waals surface area contributed by atoms with Gasteiger partial charge < -0.3 is 5.32 Å². The summed E-state index contributed by atoms with van der Waals surface area (Å²) in [6.45, 7) is 3.66. The summed E-state index contributed by atoms with van der Waals surface area (Å²) < 4.78 is 3.29. The molecule has 0 saturated heterocycles. The zero-order valence-corrected chi connectivity index (χ0v) is 16.6. The molecule has 0 aliphatic rings. The third-order valence-electron chi connectivity index (χ3n) is 4.75. The SMILES string of the molecule is Cc1nn(-c2ccccc2)c(C)c1C(=O)C(=O)NCc1cccnc1-n1cccn1. The van der Waals surface area contributed by atoms with Crippen LogP contribution in [-0.4, -0.2) is 36.2 Å². The number of Topliss-reactive ketones (excluding diaryl/α,β-unsaturated/α-hetero) is 1. The van der Waals surface area contributed by atoms with Crippen molar-refractivity contribution in [2.45, 2.75) is 20.4 Å². The van der Waals surface area contributed by atoms with E-state index in [1.54, 1.807) is 53.9 Å². The highest BCUT2D eigenvalue weighted by Crippen LogP contribution is 2.18. The van der Waals surface area contributed by atoms with Crippen LogP contribution in [0.2, 0.25) is 0 Å². The van der Waals surface area contributed by atoms with Crippen molar-refractivity contribution in [3.8, 4) is 11.5 Å². The summed E-state index contributed by atoms with van der Waals surface area (Å²) >= 11 is 0. The molecule has 0 atom stereocenters. The number of benzene rings is 1. The van der Waals surface area contributed by atoms with Gasteiger partial charge in [-0.15, -0.1) is 0 Å². The molecule has 0 radical (unpaired) electrons. The fraction of sp³-hybridized carbons (Fsp3) is 0.136. The molecular formula is C22H20N6O2. The number of carbonyl (C=O) groups excluding carboxylic acids is 2. The molecule has 8 heteroatoms. The molecule has 0 fully saturated rings. The van der Waals surface area contributed by atoms with Gasteiger partial charge in [0.2, 0.25) is 0 Å². The molecule has 0 saturated carbocycles. The molecule has 0 bridgehead atoms. The van der Waals surface area contributed by atoms with Crippen molar-refractivity contribution >= 4 is 11.7 Å². The minimum atomic E-state index is -0.691. The first-order chi connectivity index (χ1) is 14.6. The van der Waals surface area contributed by atoms with Crippen molar-refractivity contribution in [1.82, 2.24) is 29.9 Å². The predicted molar refractivity (Wildman–Crippen MR) is 111 cm³/mol. The number of para-hydroxylation sites is 1. The van der Waals surface area contributed by atoms with Crippen molar-refractivity contribution < 1.29 is 9.59 Å². The Morgan fingerprint density at radius 1 is 1.00 bits per heavy atom. The molecule has 1 aromatic carbocycles. The zero-order chi connectivity index (χ0) is 21.1. The number of aryl methyl sites for hydroxylation is 1. The number of hydrogen-bond donors (Lipinski definition) is 1. The Balaban J connectivity index is 1.54. The molecule has 4 aromatic rings. The van der Waals surface area contributed by atoms with Gasteiger partial charge in [-0.05, 0) is 38.1 Å².